The van der Waals surface area contributed by atoms with E-state index < -0.39 is 0 Å². The number of carbonyl (C=O) groups excluding carboxylic acids is 1. The second-order valence-electron chi connectivity index (χ2n) is 8.22. The molecule has 2 aliphatic heterocycles. The summed E-state index contributed by atoms with van der Waals surface area (Å²) < 4.78 is 17.7. The molecule has 0 saturated carbocycles. The second-order valence-corrected chi connectivity index (χ2v) is 8.22. The Bertz CT molecular complexity index is 1080. The van der Waals surface area contributed by atoms with Gasteiger partial charge < -0.3 is 14.0 Å². The van der Waals surface area contributed by atoms with Crippen molar-refractivity contribution in [2.24, 2.45) is 7.05 Å². The molecule has 0 spiro atoms. The molecule has 0 radical (unpaired) electrons. The molecule has 2 aliphatic rings. The van der Waals surface area contributed by atoms with Crippen LogP contribution in [0.3, 0.4) is 0 Å². The molecule has 1 aromatic carbocycles. The Morgan fingerprint density at radius 2 is 1.86 bits per heavy atom. The van der Waals surface area contributed by atoms with E-state index >= 15 is 0 Å². The molecular weight excluding hydrogens is 371 g/mol. The number of hydrogen-bond acceptors (Lipinski definition) is 4. The molecule has 0 aliphatic carbocycles. The first kappa shape index (κ1) is 18.3. The predicted octanol–water partition coefficient (Wildman–Crippen LogP) is 2.37. The highest BCUT2D eigenvalue weighted by Gasteiger charge is 2.30. The number of carbonyl (C=O) groups is 1. The number of aryl methyl sites for hydroxylation is 1. The molecule has 1 fully saturated rings. The zero-order chi connectivity index (χ0) is 20.1. The summed E-state index contributed by atoms with van der Waals surface area (Å²) in [7, 11) is 3.96. The van der Waals surface area contributed by atoms with Crippen LogP contribution in [0.4, 0.5) is 4.39 Å². The van der Waals surface area contributed by atoms with Gasteiger partial charge in [0.05, 0.1) is 6.54 Å². The smallest absolute Gasteiger partial charge is 0.270 e. The molecule has 1 amide bonds. The average molecular weight is 396 g/mol. The summed E-state index contributed by atoms with van der Waals surface area (Å²) in [6.45, 7) is 4.17. The Morgan fingerprint density at radius 3 is 2.66 bits per heavy atom. The van der Waals surface area contributed by atoms with Crippen LogP contribution in [0.15, 0.2) is 24.3 Å². The number of fused-ring (bicyclic) bond motifs is 2. The molecule has 29 heavy (non-hydrogen) atoms. The highest BCUT2D eigenvalue weighted by atomic mass is 19.1. The lowest BCUT2D eigenvalue weighted by Gasteiger charge is -2.32. The van der Waals surface area contributed by atoms with Gasteiger partial charge in [0.1, 0.15) is 23.2 Å². The van der Waals surface area contributed by atoms with E-state index in [2.05, 4.69) is 26.7 Å². The minimum Gasteiger partial charge on any atom is -0.340 e. The largest absolute Gasteiger partial charge is 0.340 e. The van der Waals surface area contributed by atoms with Crippen molar-refractivity contribution >= 4 is 16.8 Å². The van der Waals surface area contributed by atoms with E-state index in [0.29, 0.717) is 24.7 Å². The third-order valence-corrected chi connectivity index (χ3v) is 6.34. The molecule has 0 unspecified atom stereocenters. The third kappa shape index (κ3) is 3.11. The molecule has 7 nitrogen and oxygen atoms in total. The molecule has 2 aromatic heterocycles. The maximum absolute atomic E-state index is 13.5. The maximum Gasteiger partial charge on any atom is 0.270 e. The number of hydrogen-bond donors (Lipinski definition) is 0. The van der Waals surface area contributed by atoms with Gasteiger partial charge in [-0.25, -0.2) is 4.39 Å². The second kappa shape index (κ2) is 6.95. The molecule has 4 heterocycles. The number of benzene rings is 1. The highest BCUT2D eigenvalue weighted by Crippen LogP contribution is 2.30. The van der Waals surface area contributed by atoms with Crippen LogP contribution in [-0.4, -0.2) is 61.7 Å². The lowest BCUT2D eigenvalue weighted by Crippen LogP contribution is -2.39. The van der Waals surface area contributed by atoms with E-state index in [0.717, 1.165) is 55.0 Å². The molecule has 3 aromatic rings. The maximum atomic E-state index is 13.5. The molecule has 0 atom stereocenters. The van der Waals surface area contributed by atoms with Gasteiger partial charge in [0.15, 0.2) is 0 Å². The van der Waals surface area contributed by atoms with Crippen LogP contribution in [0.1, 0.15) is 40.9 Å². The van der Waals surface area contributed by atoms with Crippen molar-refractivity contribution in [2.75, 3.05) is 26.7 Å². The fourth-order valence-electron chi connectivity index (χ4n) is 4.63. The molecule has 152 valence electrons. The van der Waals surface area contributed by atoms with Crippen LogP contribution >= 0.6 is 0 Å². The topological polar surface area (TPSA) is 59.2 Å². The van der Waals surface area contributed by atoms with Crippen molar-refractivity contribution in [1.29, 1.82) is 0 Å². The van der Waals surface area contributed by atoms with E-state index in [-0.39, 0.29) is 11.7 Å². The number of nitrogens with zero attached hydrogens (tertiary/aromatic N) is 6. The normalized spacial score (nSPS) is 18.4. The summed E-state index contributed by atoms with van der Waals surface area (Å²) >= 11 is 0. The lowest BCUT2D eigenvalue weighted by molar-refractivity contribution is 0.0700. The van der Waals surface area contributed by atoms with Gasteiger partial charge >= 0.3 is 0 Å². The molecule has 0 bridgehead atoms. The van der Waals surface area contributed by atoms with Crippen molar-refractivity contribution in [1.82, 2.24) is 29.1 Å². The van der Waals surface area contributed by atoms with Gasteiger partial charge in [-0.1, -0.05) is 0 Å². The summed E-state index contributed by atoms with van der Waals surface area (Å²) in [4.78, 5) is 17.3. The Kier molecular flexibility index (Phi) is 4.38. The van der Waals surface area contributed by atoms with Crippen LogP contribution in [0.25, 0.3) is 10.9 Å². The Balaban J connectivity index is 1.31. The van der Waals surface area contributed by atoms with Gasteiger partial charge in [0.2, 0.25) is 0 Å². The fourth-order valence-corrected chi connectivity index (χ4v) is 4.63. The summed E-state index contributed by atoms with van der Waals surface area (Å²) in [5.41, 5.74) is 1.47. The van der Waals surface area contributed by atoms with Gasteiger partial charge in [-0.3, -0.25) is 9.69 Å². The van der Waals surface area contributed by atoms with Crippen molar-refractivity contribution < 1.29 is 9.18 Å². The minimum absolute atomic E-state index is 0.00690. The first-order valence-corrected chi connectivity index (χ1v) is 10.2. The number of halogens is 1. The number of amides is 1. The van der Waals surface area contributed by atoms with Crippen LogP contribution in [0, 0.1) is 5.82 Å². The molecule has 0 N–H and O–H groups in total. The van der Waals surface area contributed by atoms with Gasteiger partial charge in [-0.05, 0) is 44.2 Å². The van der Waals surface area contributed by atoms with E-state index in [1.54, 1.807) is 12.1 Å². The van der Waals surface area contributed by atoms with Crippen molar-refractivity contribution in [2.45, 2.75) is 31.8 Å². The number of rotatable bonds is 2. The van der Waals surface area contributed by atoms with Crippen molar-refractivity contribution in [3.05, 3.63) is 47.4 Å². The third-order valence-electron chi connectivity index (χ3n) is 6.34. The summed E-state index contributed by atoms with van der Waals surface area (Å²) in [5.74, 6) is 2.17. The Morgan fingerprint density at radius 1 is 1.07 bits per heavy atom. The quantitative estimate of drug-likeness (QED) is 0.667. The lowest BCUT2D eigenvalue weighted by atomic mass is 9.95. The zero-order valence-corrected chi connectivity index (χ0v) is 16.8. The number of piperidine rings is 1. The van der Waals surface area contributed by atoms with E-state index in [4.69, 9.17) is 0 Å². The monoisotopic (exact) mass is 396 g/mol. The van der Waals surface area contributed by atoms with Gasteiger partial charge in [0.25, 0.3) is 5.91 Å². The van der Waals surface area contributed by atoms with Gasteiger partial charge in [-0.2, -0.15) is 0 Å². The number of likely N-dealkylation sites (tertiary alicyclic amines) is 1. The highest BCUT2D eigenvalue weighted by molar-refractivity contribution is 5.98. The first-order valence-electron chi connectivity index (χ1n) is 10.2. The summed E-state index contributed by atoms with van der Waals surface area (Å²) in [5, 5.41) is 9.62. The van der Waals surface area contributed by atoms with E-state index in [1.807, 2.05) is 16.5 Å². The summed E-state index contributed by atoms with van der Waals surface area (Å²) in [6.07, 6.45) is 1.77. The minimum atomic E-state index is -0.286. The molecule has 5 rings (SSSR count). The number of likely N-dealkylation sites (N-methyl/N-ethyl adjacent to an activating group) is 1. The molecular formula is C21H25FN6O. The fraction of sp³-hybridized carbons (Fsp3) is 0.476. The predicted molar refractivity (Wildman–Crippen MR) is 107 cm³/mol. The van der Waals surface area contributed by atoms with Crippen molar-refractivity contribution in [3.63, 3.8) is 0 Å². The standard InChI is InChI=1S/C21H25FN6O/c1-25-9-10-28-19(13-25)23-24-20(28)14-5-7-27(8-6-14)21(29)18-12-15-11-16(22)3-4-17(15)26(18)2/h3-4,11-12,14H,5-10,13H2,1-2H3. The molecule has 1 saturated heterocycles. The van der Waals surface area contributed by atoms with E-state index in [9.17, 15) is 9.18 Å². The Hall–Kier alpha value is -2.74. The SMILES string of the molecule is CN1CCn2c(nnc2C2CCN(C(=O)c3cc4cc(F)ccc4n3C)CC2)C1. The molecule has 8 heteroatoms. The van der Waals surface area contributed by atoms with Crippen LogP contribution in [-0.2, 0) is 20.1 Å². The Labute approximate surface area is 168 Å². The van der Waals surface area contributed by atoms with Gasteiger partial charge in [-0.15, -0.1) is 10.2 Å². The van der Waals surface area contributed by atoms with Crippen LogP contribution < -0.4 is 0 Å². The van der Waals surface area contributed by atoms with Crippen LogP contribution in [0.5, 0.6) is 0 Å². The van der Waals surface area contributed by atoms with Crippen molar-refractivity contribution in [3.8, 4) is 0 Å². The average Bonchev–Trinajstić information content (AvgIpc) is 3.28. The summed E-state index contributed by atoms with van der Waals surface area (Å²) in [6, 6.07) is 6.42. The zero-order valence-electron chi connectivity index (χ0n) is 16.8. The van der Waals surface area contributed by atoms with Crippen LogP contribution in [0.2, 0.25) is 0 Å². The first-order chi connectivity index (χ1) is 14.0. The van der Waals surface area contributed by atoms with E-state index in [1.165, 1.54) is 12.1 Å². The van der Waals surface area contributed by atoms with Gasteiger partial charge in [0, 0.05) is 50.0 Å². The number of aromatic nitrogens is 4.